The summed E-state index contributed by atoms with van der Waals surface area (Å²) in [7, 11) is 1.71. The van der Waals surface area contributed by atoms with Gasteiger partial charge >= 0.3 is 0 Å². The first kappa shape index (κ1) is 15.8. The molecule has 0 aliphatic rings. The molecule has 1 atom stereocenters. The maximum Gasteiger partial charge on any atom is 0.253 e. The van der Waals surface area contributed by atoms with Crippen molar-refractivity contribution >= 4 is 5.91 Å². The van der Waals surface area contributed by atoms with Crippen LogP contribution in [0.2, 0.25) is 0 Å². The van der Waals surface area contributed by atoms with Crippen LogP contribution in [0.15, 0.2) is 18.2 Å². The van der Waals surface area contributed by atoms with Crippen molar-refractivity contribution in [2.45, 2.75) is 26.3 Å². The summed E-state index contributed by atoms with van der Waals surface area (Å²) in [4.78, 5) is 13.9. The molecular weight excluding hydrogens is 250 g/mol. The summed E-state index contributed by atoms with van der Waals surface area (Å²) in [5.41, 5.74) is 7.77. The van der Waals surface area contributed by atoms with Gasteiger partial charge in [0.15, 0.2) is 0 Å². The molecule has 0 aliphatic heterocycles. The highest BCUT2D eigenvalue weighted by molar-refractivity contribution is 5.94. The van der Waals surface area contributed by atoms with E-state index in [2.05, 4.69) is 17.9 Å². The number of benzene rings is 1. The van der Waals surface area contributed by atoms with Crippen LogP contribution in [-0.4, -0.2) is 30.4 Å². The Hall–Kier alpha value is -2.30. The van der Waals surface area contributed by atoms with Crippen molar-refractivity contribution in [3.8, 4) is 17.9 Å². The third kappa shape index (κ3) is 3.85. The van der Waals surface area contributed by atoms with Gasteiger partial charge in [-0.15, -0.1) is 0 Å². The standard InChI is InChI=1S/C16H19N3O/c1-12-11-15(7-6-14(12)5-4-9-17)16(20)19(3)13(2)8-10-18/h6-7,11,13H,8-9,17H2,1-3H3. The van der Waals surface area contributed by atoms with E-state index in [1.165, 1.54) is 0 Å². The Labute approximate surface area is 120 Å². The molecule has 2 N–H and O–H groups in total. The molecule has 1 unspecified atom stereocenters. The number of carbonyl (C=O) groups excluding carboxylic acids is 1. The van der Waals surface area contributed by atoms with Crippen LogP contribution in [0, 0.1) is 30.1 Å². The van der Waals surface area contributed by atoms with E-state index >= 15 is 0 Å². The molecular formula is C16H19N3O. The molecule has 4 heteroatoms. The first-order valence-electron chi connectivity index (χ1n) is 6.45. The lowest BCUT2D eigenvalue weighted by Crippen LogP contribution is -2.34. The molecule has 0 bridgehead atoms. The first-order valence-corrected chi connectivity index (χ1v) is 6.45. The lowest BCUT2D eigenvalue weighted by molar-refractivity contribution is 0.0746. The maximum atomic E-state index is 12.3. The van der Waals surface area contributed by atoms with Gasteiger partial charge in [-0.25, -0.2) is 0 Å². The van der Waals surface area contributed by atoms with Crippen LogP contribution in [-0.2, 0) is 0 Å². The quantitative estimate of drug-likeness (QED) is 0.849. The third-order valence-corrected chi connectivity index (χ3v) is 3.17. The van der Waals surface area contributed by atoms with Crippen LogP contribution in [0.25, 0.3) is 0 Å². The van der Waals surface area contributed by atoms with E-state index in [9.17, 15) is 4.79 Å². The minimum Gasteiger partial charge on any atom is -0.338 e. The number of hydrogen-bond donors (Lipinski definition) is 1. The van der Waals surface area contributed by atoms with Gasteiger partial charge in [0.05, 0.1) is 19.0 Å². The maximum absolute atomic E-state index is 12.3. The van der Waals surface area contributed by atoms with Crippen LogP contribution in [0.4, 0.5) is 0 Å². The second-order valence-corrected chi connectivity index (χ2v) is 4.66. The van der Waals surface area contributed by atoms with Crippen LogP contribution in [0.1, 0.15) is 34.8 Å². The molecule has 1 rings (SSSR count). The molecule has 20 heavy (non-hydrogen) atoms. The van der Waals surface area contributed by atoms with Gasteiger partial charge in [-0.3, -0.25) is 4.79 Å². The second kappa shape index (κ2) is 7.33. The fraction of sp³-hybridized carbons (Fsp3) is 0.375. The Morgan fingerprint density at radius 2 is 2.20 bits per heavy atom. The topological polar surface area (TPSA) is 70.1 Å². The molecule has 4 nitrogen and oxygen atoms in total. The Morgan fingerprint density at radius 3 is 2.75 bits per heavy atom. The van der Waals surface area contributed by atoms with Crippen LogP contribution in [0.3, 0.4) is 0 Å². The number of hydrogen-bond acceptors (Lipinski definition) is 3. The molecule has 104 valence electrons. The third-order valence-electron chi connectivity index (χ3n) is 3.17. The number of aryl methyl sites for hydroxylation is 1. The average molecular weight is 269 g/mol. The average Bonchev–Trinajstić information content (AvgIpc) is 2.44. The molecule has 0 heterocycles. The van der Waals surface area contributed by atoms with Gasteiger partial charge in [-0.2, -0.15) is 5.26 Å². The van der Waals surface area contributed by atoms with E-state index in [1.807, 2.05) is 26.0 Å². The van der Waals surface area contributed by atoms with Crippen molar-refractivity contribution in [3.63, 3.8) is 0 Å². The predicted octanol–water partition coefficient (Wildman–Crippen LogP) is 1.68. The summed E-state index contributed by atoms with van der Waals surface area (Å²) < 4.78 is 0. The molecule has 0 saturated heterocycles. The monoisotopic (exact) mass is 269 g/mol. The van der Waals surface area contributed by atoms with Crippen molar-refractivity contribution in [3.05, 3.63) is 34.9 Å². The minimum atomic E-state index is -0.107. The number of nitrogens with zero attached hydrogens (tertiary/aromatic N) is 2. The summed E-state index contributed by atoms with van der Waals surface area (Å²) >= 11 is 0. The van der Waals surface area contributed by atoms with Crippen LogP contribution in [0.5, 0.6) is 0 Å². The van der Waals surface area contributed by atoms with E-state index in [4.69, 9.17) is 11.0 Å². The fourth-order valence-corrected chi connectivity index (χ4v) is 1.76. The summed E-state index contributed by atoms with van der Waals surface area (Å²) in [6.45, 7) is 4.08. The Balaban J connectivity index is 2.96. The highest BCUT2D eigenvalue weighted by atomic mass is 16.2. The Bertz CT molecular complexity index is 590. The van der Waals surface area contributed by atoms with E-state index in [0.29, 0.717) is 18.5 Å². The number of carbonyl (C=O) groups is 1. The van der Waals surface area contributed by atoms with Gasteiger partial charge < -0.3 is 10.6 Å². The van der Waals surface area contributed by atoms with Gasteiger partial charge in [0, 0.05) is 24.2 Å². The molecule has 0 radical (unpaired) electrons. The number of amides is 1. The van der Waals surface area contributed by atoms with Crippen molar-refractivity contribution < 1.29 is 4.79 Å². The van der Waals surface area contributed by atoms with E-state index in [0.717, 1.165) is 11.1 Å². The van der Waals surface area contributed by atoms with Crippen molar-refractivity contribution in [2.75, 3.05) is 13.6 Å². The summed E-state index contributed by atoms with van der Waals surface area (Å²) in [5.74, 6) is 5.68. The molecule has 1 aromatic rings. The van der Waals surface area contributed by atoms with Crippen LogP contribution >= 0.6 is 0 Å². The minimum absolute atomic E-state index is 0.0887. The normalized spacial score (nSPS) is 10.9. The molecule has 0 fully saturated rings. The van der Waals surface area contributed by atoms with Crippen LogP contribution < -0.4 is 5.73 Å². The van der Waals surface area contributed by atoms with E-state index < -0.39 is 0 Å². The predicted molar refractivity (Wildman–Crippen MR) is 78.9 cm³/mol. The zero-order valence-electron chi connectivity index (χ0n) is 12.1. The number of nitrogens with two attached hydrogens (primary N) is 1. The van der Waals surface area contributed by atoms with Gasteiger partial charge in [-0.1, -0.05) is 11.8 Å². The van der Waals surface area contributed by atoms with Crippen molar-refractivity contribution in [1.29, 1.82) is 5.26 Å². The fourth-order valence-electron chi connectivity index (χ4n) is 1.76. The summed E-state index contributed by atoms with van der Waals surface area (Å²) in [6, 6.07) is 7.37. The second-order valence-electron chi connectivity index (χ2n) is 4.66. The molecule has 0 aromatic heterocycles. The highest BCUT2D eigenvalue weighted by Gasteiger charge is 2.17. The summed E-state index contributed by atoms with van der Waals surface area (Å²) in [6.07, 6.45) is 0.321. The highest BCUT2D eigenvalue weighted by Crippen LogP contribution is 2.13. The first-order chi connectivity index (χ1) is 9.51. The Kier molecular flexibility index (Phi) is 5.77. The van der Waals surface area contributed by atoms with Crippen molar-refractivity contribution in [2.24, 2.45) is 5.73 Å². The largest absolute Gasteiger partial charge is 0.338 e. The van der Waals surface area contributed by atoms with Gasteiger partial charge in [0.2, 0.25) is 0 Å². The number of rotatable bonds is 3. The lowest BCUT2D eigenvalue weighted by atomic mass is 10.0. The van der Waals surface area contributed by atoms with Gasteiger partial charge in [0.1, 0.15) is 0 Å². The van der Waals surface area contributed by atoms with Crippen molar-refractivity contribution in [1.82, 2.24) is 4.90 Å². The van der Waals surface area contributed by atoms with E-state index in [1.54, 1.807) is 18.0 Å². The zero-order valence-corrected chi connectivity index (χ0v) is 12.1. The number of nitriles is 1. The van der Waals surface area contributed by atoms with E-state index in [-0.39, 0.29) is 11.9 Å². The smallest absolute Gasteiger partial charge is 0.253 e. The lowest BCUT2D eigenvalue weighted by Gasteiger charge is -2.23. The molecule has 0 aliphatic carbocycles. The molecule has 1 amide bonds. The SMILES string of the molecule is Cc1cc(C(=O)N(C)C(C)CC#N)ccc1C#CCN. The molecule has 1 aromatic carbocycles. The Morgan fingerprint density at radius 1 is 1.50 bits per heavy atom. The zero-order chi connectivity index (χ0) is 15.1. The molecule has 0 spiro atoms. The summed E-state index contributed by atoms with van der Waals surface area (Å²) in [5, 5.41) is 8.69. The van der Waals surface area contributed by atoms with Gasteiger partial charge in [0.25, 0.3) is 5.91 Å². The van der Waals surface area contributed by atoms with Gasteiger partial charge in [-0.05, 0) is 37.6 Å². The molecule has 0 saturated carbocycles.